The van der Waals surface area contributed by atoms with Gasteiger partial charge < -0.3 is 25.3 Å². The molecule has 9 heteroatoms. The predicted molar refractivity (Wildman–Crippen MR) is 160 cm³/mol. The molecule has 3 N–H and O–H groups in total. The van der Waals surface area contributed by atoms with Crippen molar-refractivity contribution < 1.29 is 19.1 Å². The molecule has 0 unspecified atom stereocenters. The number of nitrogens with one attached hydrogen (secondary N) is 3. The van der Waals surface area contributed by atoms with Crippen molar-refractivity contribution in [3.8, 4) is 5.75 Å². The number of fused-ring (bicyclic) bond motifs is 7. The first-order valence-corrected chi connectivity index (χ1v) is 15.1. The van der Waals surface area contributed by atoms with Crippen LogP contribution < -0.4 is 15.4 Å². The van der Waals surface area contributed by atoms with Crippen molar-refractivity contribution in [2.24, 2.45) is 0 Å². The Labute approximate surface area is 242 Å². The number of H-pyrrole nitrogens is 1. The average molecular weight is 569 g/mol. The van der Waals surface area contributed by atoms with E-state index in [0.717, 1.165) is 33.3 Å². The number of benzene rings is 3. The standard InChI is InChI=1S/C32H32N4O4S/c1-40-20-9-7-8-19(16-20)18-33-30(37)26(14-15-41-2)35-31(38)27-17-24-21-10-5-6-13-25(21)34-28(24)29-22-11-3-4-12-23(22)32(39)36(27)29/h3-13,16,26-27,29,34H,14-15,17-18H2,1-2H3,(H,33,37)(H,35,38)/t26-,27-,29-/m0/s1. The second kappa shape index (κ2) is 11.3. The molecule has 3 aromatic carbocycles. The molecule has 3 amide bonds. The molecule has 0 radical (unpaired) electrons. The van der Waals surface area contributed by atoms with E-state index in [1.54, 1.807) is 23.8 Å². The van der Waals surface area contributed by atoms with Crippen LogP contribution in [0, 0.1) is 0 Å². The van der Waals surface area contributed by atoms with E-state index >= 15 is 0 Å². The predicted octanol–water partition coefficient (Wildman–Crippen LogP) is 4.20. The van der Waals surface area contributed by atoms with Crippen molar-refractivity contribution in [3.63, 3.8) is 0 Å². The van der Waals surface area contributed by atoms with Crippen LogP contribution in [-0.4, -0.2) is 58.8 Å². The fraction of sp³-hybridized carbons (Fsp3) is 0.281. The fourth-order valence-electron chi connectivity index (χ4n) is 6.00. The third-order valence-corrected chi connectivity index (χ3v) is 8.64. The molecule has 0 spiro atoms. The van der Waals surface area contributed by atoms with Crippen molar-refractivity contribution in [1.82, 2.24) is 20.5 Å². The summed E-state index contributed by atoms with van der Waals surface area (Å²) >= 11 is 1.61. The normalized spacial score (nSPS) is 17.9. The van der Waals surface area contributed by atoms with Gasteiger partial charge in [-0.2, -0.15) is 11.8 Å². The van der Waals surface area contributed by atoms with Crippen LogP contribution in [0.4, 0.5) is 0 Å². The first kappa shape index (κ1) is 27.0. The number of aromatic amines is 1. The van der Waals surface area contributed by atoms with E-state index in [-0.39, 0.29) is 17.7 Å². The molecule has 8 nitrogen and oxygen atoms in total. The Morgan fingerprint density at radius 3 is 2.73 bits per heavy atom. The van der Waals surface area contributed by atoms with Crippen LogP contribution >= 0.6 is 11.8 Å². The highest BCUT2D eigenvalue weighted by atomic mass is 32.2. The summed E-state index contributed by atoms with van der Waals surface area (Å²) in [4.78, 5) is 46.3. The molecule has 0 fully saturated rings. The Morgan fingerprint density at radius 1 is 1.10 bits per heavy atom. The van der Waals surface area contributed by atoms with Gasteiger partial charge >= 0.3 is 0 Å². The van der Waals surface area contributed by atoms with Gasteiger partial charge in [0.05, 0.1) is 13.2 Å². The van der Waals surface area contributed by atoms with Crippen molar-refractivity contribution in [2.75, 3.05) is 19.1 Å². The number of para-hydroxylation sites is 1. The zero-order valence-corrected chi connectivity index (χ0v) is 23.8. The Morgan fingerprint density at radius 2 is 1.90 bits per heavy atom. The van der Waals surface area contributed by atoms with E-state index in [4.69, 9.17) is 4.74 Å². The largest absolute Gasteiger partial charge is 0.497 e. The van der Waals surface area contributed by atoms with Crippen molar-refractivity contribution in [1.29, 1.82) is 0 Å². The summed E-state index contributed by atoms with van der Waals surface area (Å²) in [5.74, 6) is 0.661. The Kier molecular flexibility index (Phi) is 7.45. The molecule has 1 aromatic heterocycles. The van der Waals surface area contributed by atoms with E-state index < -0.39 is 18.1 Å². The van der Waals surface area contributed by atoms with Gasteiger partial charge in [-0.05, 0) is 59.4 Å². The first-order valence-electron chi connectivity index (χ1n) is 13.7. The number of rotatable bonds is 9. The third kappa shape index (κ3) is 4.95. The van der Waals surface area contributed by atoms with Gasteiger partial charge in [-0.15, -0.1) is 0 Å². The summed E-state index contributed by atoms with van der Waals surface area (Å²) in [6.45, 7) is 0.311. The molecule has 3 heterocycles. The zero-order valence-electron chi connectivity index (χ0n) is 23.0. The van der Waals surface area contributed by atoms with Crippen LogP contribution in [0.5, 0.6) is 5.75 Å². The number of hydrogen-bond acceptors (Lipinski definition) is 5. The number of amides is 3. The molecule has 41 heavy (non-hydrogen) atoms. The first-order chi connectivity index (χ1) is 20.0. The van der Waals surface area contributed by atoms with Gasteiger partial charge in [0, 0.05) is 35.1 Å². The van der Waals surface area contributed by atoms with Crippen LogP contribution in [0.2, 0.25) is 0 Å². The number of aromatic nitrogens is 1. The second-order valence-electron chi connectivity index (χ2n) is 10.4. The summed E-state index contributed by atoms with van der Waals surface area (Å²) in [5.41, 5.74) is 5.35. The number of thioether (sulfide) groups is 1. The van der Waals surface area contributed by atoms with Gasteiger partial charge in [0.25, 0.3) is 5.91 Å². The molecule has 4 aromatic rings. The maximum absolute atomic E-state index is 14.0. The third-order valence-electron chi connectivity index (χ3n) is 8.00. The van der Waals surface area contributed by atoms with Gasteiger partial charge in [0.15, 0.2) is 0 Å². The highest BCUT2D eigenvalue weighted by Gasteiger charge is 2.49. The minimum atomic E-state index is -0.755. The number of hydrogen-bond donors (Lipinski definition) is 3. The minimum Gasteiger partial charge on any atom is -0.497 e. The summed E-state index contributed by atoms with van der Waals surface area (Å²) in [7, 11) is 1.60. The molecular weight excluding hydrogens is 536 g/mol. The van der Waals surface area contributed by atoms with Crippen LogP contribution in [0.25, 0.3) is 10.9 Å². The lowest BCUT2D eigenvalue weighted by molar-refractivity contribution is -0.132. The summed E-state index contributed by atoms with van der Waals surface area (Å²) < 4.78 is 5.29. The lowest BCUT2D eigenvalue weighted by Crippen LogP contribution is -2.56. The topological polar surface area (TPSA) is 104 Å². The van der Waals surface area contributed by atoms with Crippen LogP contribution in [-0.2, 0) is 22.6 Å². The number of carbonyl (C=O) groups is 3. The lowest BCUT2D eigenvalue weighted by Gasteiger charge is -2.37. The lowest BCUT2D eigenvalue weighted by atomic mass is 9.89. The molecule has 2 aliphatic heterocycles. The molecule has 0 aliphatic carbocycles. The monoisotopic (exact) mass is 568 g/mol. The zero-order chi connectivity index (χ0) is 28.5. The fourth-order valence-corrected chi connectivity index (χ4v) is 6.48. The van der Waals surface area contributed by atoms with Crippen LogP contribution in [0.1, 0.15) is 45.2 Å². The number of carbonyl (C=O) groups excluding carboxylic acids is 3. The minimum absolute atomic E-state index is 0.168. The van der Waals surface area contributed by atoms with Crippen molar-refractivity contribution in [3.05, 3.63) is 101 Å². The van der Waals surface area contributed by atoms with Gasteiger partial charge in [-0.1, -0.05) is 48.5 Å². The van der Waals surface area contributed by atoms with E-state index in [2.05, 4.69) is 15.6 Å². The quantitative estimate of drug-likeness (QED) is 0.281. The molecule has 210 valence electrons. The van der Waals surface area contributed by atoms with Gasteiger partial charge in [0.1, 0.15) is 17.8 Å². The highest BCUT2D eigenvalue weighted by Crippen LogP contribution is 2.46. The molecule has 0 saturated carbocycles. The summed E-state index contributed by atoms with van der Waals surface area (Å²) in [6.07, 6.45) is 2.80. The smallest absolute Gasteiger partial charge is 0.255 e. The average Bonchev–Trinajstić information content (AvgIpc) is 3.53. The van der Waals surface area contributed by atoms with Gasteiger partial charge in [-0.25, -0.2) is 0 Å². The maximum Gasteiger partial charge on any atom is 0.255 e. The Bertz CT molecular complexity index is 1630. The molecule has 6 rings (SSSR count). The highest BCUT2D eigenvalue weighted by molar-refractivity contribution is 7.98. The van der Waals surface area contributed by atoms with Crippen LogP contribution in [0.3, 0.4) is 0 Å². The molecule has 3 atom stereocenters. The van der Waals surface area contributed by atoms with E-state index in [1.165, 1.54) is 0 Å². The SMILES string of the molecule is COc1cccc(CNC(=O)[C@H](CCSC)NC(=O)[C@@H]2Cc3c([nH]c4ccccc34)[C@@H]3c4ccccc4C(=O)N32)c1. The van der Waals surface area contributed by atoms with Crippen LogP contribution in [0.15, 0.2) is 72.8 Å². The summed E-state index contributed by atoms with van der Waals surface area (Å²) in [6, 6.07) is 21.2. The van der Waals surface area contributed by atoms with Gasteiger partial charge in [0.2, 0.25) is 11.8 Å². The number of methoxy groups -OCH3 is 1. The van der Waals surface area contributed by atoms with E-state index in [9.17, 15) is 14.4 Å². The Balaban J connectivity index is 1.28. The molecule has 0 saturated heterocycles. The second-order valence-corrected chi connectivity index (χ2v) is 11.4. The van der Waals surface area contributed by atoms with Crippen molar-refractivity contribution >= 4 is 40.4 Å². The Hall–Kier alpha value is -4.24. The van der Waals surface area contributed by atoms with Gasteiger partial charge in [-0.3, -0.25) is 14.4 Å². The van der Waals surface area contributed by atoms with Crippen molar-refractivity contribution in [2.45, 2.75) is 37.5 Å². The summed E-state index contributed by atoms with van der Waals surface area (Å²) in [5, 5.41) is 7.03. The molecule has 2 aliphatic rings. The number of nitrogens with zero attached hydrogens (tertiary/aromatic N) is 1. The molecule has 0 bridgehead atoms. The number of ether oxygens (including phenoxy) is 1. The van der Waals surface area contributed by atoms with E-state index in [1.807, 2.05) is 79.1 Å². The maximum atomic E-state index is 14.0. The van der Waals surface area contributed by atoms with E-state index in [0.29, 0.717) is 36.5 Å². The molecular formula is C32H32N4O4S.